The minimum atomic E-state index is 0.208. The van der Waals surface area contributed by atoms with Crippen molar-refractivity contribution in [2.45, 2.75) is 39.3 Å². The Morgan fingerprint density at radius 2 is 2.05 bits per heavy atom. The van der Waals surface area contributed by atoms with E-state index in [9.17, 15) is 0 Å². The lowest BCUT2D eigenvalue weighted by molar-refractivity contribution is 0.132. The Hall–Kier alpha value is -0.510. The Balaban J connectivity index is 2.09. The summed E-state index contributed by atoms with van der Waals surface area (Å²) in [7, 11) is 2.30. The second kappa shape index (κ2) is 7.66. The van der Waals surface area contributed by atoms with Crippen LogP contribution in [-0.4, -0.2) is 42.6 Å². The van der Waals surface area contributed by atoms with E-state index in [0.717, 1.165) is 19.1 Å². The van der Waals surface area contributed by atoms with E-state index in [4.69, 9.17) is 0 Å². The maximum absolute atomic E-state index is 3.70. The molecule has 1 aliphatic heterocycles. The van der Waals surface area contributed by atoms with Crippen LogP contribution >= 0.6 is 11.8 Å². The summed E-state index contributed by atoms with van der Waals surface area (Å²) >= 11 is 2.09. The van der Waals surface area contributed by atoms with Crippen molar-refractivity contribution >= 4 is 11.8 Å². The molecular weight excluding hydrogens is 276 g/mol. The molecule has 1 N–H and O–H groups in total. The molecule has 0 aliphatic carbocycles. The second-order valence-electron chi connectivity index (χ2n) is 6.82. The van der Waals surface area contributed by atoms with Crippen LogP contribution in [-0.2, 0) is 0 Å². The van der Waals surface area contributed by atoms with E-state index in [-0.39, 0.29) is 5.41 Å². The molecule has 0 saturated carbocycles. The summed E-state index contributed by atoms with van der Waals surface area (Å²) in [5.41, 5.74) is 1.61. The number of benzene rings is 1. The average molecular weight is 307 g/mol. The maximum atomic E-state index is 3.70. The molecule has 1 aromatic rings. The fourth-order valence-corrected chi connectivity index (χ4v) is 4.73. The second-order valence-corrected chi connectivity index (χ2v) is 7.97. The zero-order chi connectivity index (χ0) is 15.3. The monoisotopic (exact) mass is 306 g/mol. The molecule has 21 heavy (non-hydrogen) atoms. The molecule has 1 aromatic carbocycles. The van der Waals surface area contributed by atoms with Gasteiger partial charge < -0.3 is 10.2 Å². The summed E-state index contributed by atoms with van der Waals surface area (Å²) in [6.45, 7) is 9.12. The smallest absolute Gasteiger partial charge is 0.0384 e. The highest BCUT2D eigenvalue weighted by atomic mass is 32.2. The molecule has 2 rings (SSSR count). The highest BCUT2D eigenvalue weighted by Gasteiger charge is 2.33. The van der Waals surface area contributed by atoms with E-state index in [0.29, 0.717) is 6.04 Å². The molecule has 118 valence electrons. The molecule has 3 heteroatoms. The first kappa shape index (κ1) is 16.9. The van der Waals surface area contributed by atoms with Crippen molar-refractivity contribution in [1.29, 1.82) is 0 Å². The molecule has 0 radical (unpaired) electrons. The van der Waals surface area contributed by atoms with Gasteiger partial charge in [0.2, 0.25) is 0 Å². The van der Waals surface area contributed by atoms with E-state index in [1.54, 1.807) is 0 Å². The third-order valence-electron chi connectivity index (χ3n) is 4.51. The Labute approximate surface area is 134 Å². The largest absolute Gasteiger partial charge is 0.310 e. The van der Waals surface area contributed by atoms with Crippen LogP contribution in [0.2, 0.25) is 0 Å². The van der Waals surface area contributed by atoms with Gasteiger partial charge in [-0.25, -0.2) is 0 Å². The number of hydrogen-bond acceptors (Lipinski definition) is 3. The lowest BCUT2D eigenvalue weighted by atomic mass is 9.79. The zero-order valence-electron chi connectivity index (χ0n) is 13.9. The normalized spacial score (nSPS) is 20.9. The molecule has 1 saturated heterocycles. The van der Waals surface area contributed by atoms with E-state index >= 15 is 0 Å². The van der Waals surface area contributed by atoms with Gasteiger partial charge in [0.25, 0.3) is 0 Å². The van der Waals surface area contributed by atoms with Crippen molar-refractivity contribution in [3.63, 3.8) is 0 Å². The van der Waals surface area contributed by atoms with Crippen molar-refractivity contribution in [3.8, 4) is 0 Å². The quantitative estimate of drug-likeness (QED) is 0.825. The van der Waals surface area contributed by atoms with Crippen molar-refractivity contribution in [3.05, 3.63) is 35.9 Å². The first-order chi connectivity index (χ1) is 10.0. The van der Waals surface area contributed by atoms with Gasteiger partial charge in [0.05, 0.1) is 0 Å². The van der Waals surface area contributed by atoms with Gasteiger partial charge in [-0.2, -0.15) is 11.8 Å². The Morgan fingerprint density at radius 3 is 2.62 bits per heavy atom. The van der Waals surface area contributed by atoms with Gasteiger partial charge in [-0.3, -0.25) is 0 Å². The number of nitrogens with one attached hydrogen (secondary N) is 1. The lowest BCUT2D eigenvalue weighted by Crippen LogP contribution is -2.45. The van der Waals surface area contributed by atoms with Gasteiger partial charge in [-0.05, 0) is 36.7 Å². The standard InChI is InChI=1S/C18H30N2S/c1-5-19-17(15-9-7-6-8-10-15)18(2,3)14-20(4)16-11-12-21-13-16/h6-10,16-17,19H,5,11-14H2,1-4H3. The fourth-order valence-electron chi connectivity index (χ4n) is 3.43. The van der Waals surface area contributed by atoms with Gasteiger partial charge in [-0.15, -0.1) is 0 Å². The molecule has 1 fully saturated rings. The Bertz CT molecular complexity index is 412. The number of rotatable bonds is 7. The van der Waals surface area contributed by atoms with Crippen LogP contribution in [0.3, 0.4) is 0 Å². The highest BCUT2D eigenvalue weighted by Crippen LogP contribution is 2.35. The predicted octanol–water partition coefficient (Wildman–Crippen LogP) is 3.80. The first-order valence-electron chi connectivity index (χ1n) is 8.11. The van der Waals surface area contributed by atoms with E-state index < -0.39 is 0 Å². The van der Waals surface area contributed by atoms with Crippen molar-refractivity contribution in [1.82, 2.24) is 10.2 Å². The zero-order valence-corrected chi connectivity index (χ0v) is 14.7. The number of nitrogens with zero attached hydrogens (tertiary/aromatic N) is 1. The van der Waals surface area contributed by atoms with Crippen LogP contribution in [0, 0.1) is 5.41 Å². The predicted molar refractivity (Wildman–Crippen MR) is 95.0 cm³/mol. The summed E-state index contributed by atoms with van der Waals surface area (Å²) in [6.07, 6.45) is 1.34. The summed E-state index contributed by atoms with van der Waals surface area (Å²) in [5.74, 6) is 2.62. The summed E-state index contributed by atoms with van der Waals surface area (Å²) in [4.78, 5) is 2.58. The molecule has 0 bridgehead atoms. The maximum Gasteiger partial charge on any atom is 0.0384 e. The minimum absolute atomic E-state index is 0.208. The Kier molecular flexibility index (Phi) is 6.15. The summed E-state index contributed by atoms with van der Waals surface area (Å²) < 4.78 is 0. The molecule has 2 atom stereocenters. The van der Waals surface area contributed by atoms with Crippen LogP contribution in [0.25, 0.3) is 0 Å². The van der Waals surface area contributed by atoms with Crippen molar-refractivity contribution < 1.29 is 0 Å². The first-order valence-corrected chi connectivity index (χ1v) is 9.26. The van der Waals surface area contributed by atoms with E-state index in [1.807, 2.05) is 0 Å². The summed E-state index contributed by atoms with van der Waals surface area (Å²) in [6, 6.07) is 12.1. The third-order valence-corrected chi connectivity index (χ3v) is 5.65. The lowest BCUT2D eigenvalue weighted by Gasteiger charge is -2.40. The van der Waals surface area contributed by atoms with Gasteiger partial charge >= 0.3 is 0 Å². The van der Waals surface area contributed by atoms with Crippen LogP contribution in [0.15, 0.2) is 30.3 Å². The topological polar surface area (TPSA) is 15.3 Å². The third kappa shape index (κ3) is 4.48. The Morgan fingerprint density at radius 1 is 1.33 bits per heavy atom. The molecular formula is C18H30N2S. The van der Waals surface area contributed by atoms with Gasteiger partial charge in [0.15, 0.2) is 0 Å². The van der Waals surface area contributed by atoms with Gasteiger partial charge in [0.1, 0.15) is 0 Å². The number of thioether (sulfide) groups is 1. The van der Waals surface area contributed by atoms with Crippen molar-refractivity contribution in [2.24, 2.45) is 5.41 Å². The van der Waals surface area contributed by atoms with E-state index in [2.05, 4.69) is 80.1 Å². The molecule has 2 nitrogen and oxygen atoms in total. The summed E-state index contributed by atoms with van der Waals surface area (Å²) in [5, 5.41) is 3.70. The molecule has 2 unspecified atom stereocenters. The van der Waals surface area contributed by atoms with Crippen LogP contribution in [0.1, 0.15) is 38.8 Å². The minimum Gasteiger partial charge on any atom is -0.310 e. The van der Waals surface area contributed by atoms with Crippen LogP contribution < -0.4 is 5.32 Å². The average Bonchev–Trinajstić information content (AvgIpc) is 2.99. The van der Waals surface area contributed by atoms with Gasteiger partial charge in [-0.1, -0.05) is 51.1 Å². The molecule has 1 aliphatic rings. The highest BCUT2D eigenvalue weighted by molar-refractivity contribution is 7.99. The molecule has 1 heterocycles. The molecule has 0 spiro atoms. The van der Waals surface area contributed by atoms with Crippen LogP contribution in [0.4, 0.5) is 0 Å². The molecule has 0 aromatic heterocycles. The number of hydrogen-bond donors (Lipinski definition) is 1. The fraction of sp³-hybridized carbons (Fsp3) is 0.667. The molecule has 0 amide bonds. The van der Waals surface area contributed by atoms with E-state index in [1.165, 1.54) is 23.5 Å². The van der Waals surface area contributed by atoms with Crippen LogP contribution in [0.5, 0.6) is 0 Å². The SMILES string of the molecule is CCNC(c1ccccc1)C(C)(C)CN(C)C1CCSC1. The van der Waals surface area contributed by atoms with Gasteiger partial charge in [0, 0.05) is 24.4 Å². The van der Waals surface area contributed by atoms with Crippen molar-refractivity contribution in [2.75, 3.05) is 31.6 Å².